The Balaban J connectivity index is 1.74. The number of aryl methyl sites for hydroxylation is 1. The van der Waals surface area contributed by atoms with Gasteiger partial charge in [-0.15, -0.1) is 0 Å². The Morgan fingerprint density at radius 2 is 1.71 bits per heavy atom. The first-order valence-electron chi connectivity index (χ1n) is 8.20. The van der Waals surface area contributed by atoms with Gasteiger partial charge >= 0.3 is 11.8 Å². The number of amides is 2. The third-order valence-corrected chi connectivity index (χ3v) is 4.45. The molecule has 130 valence electrons. The van der Waals surface area contributed by atoms with Gasteiger partial charge in [0.2, 0.25) is 0 Å². The van der Waals surface area contributed by atoms with E-state index in [0.717, 1.165) is 12.0 Å². The highest BCUT2D eigenvalue weighted by molar-refractivity contribution is 7.80. The fourth-order valence-electron chi connectivity index (χ4n) is 2.73. The molecule has 2 rings (SSSR count). The number of carbonyl (C=O) groups excluding carboxylic acids is 2. The highest BCUT2D eigenvalue weighted by Gasteiger charge is 2.22. The maximum Gasteiger partial charge on any atom is 0.328 e. The Bertz CT molecular complexity index is 603. The van der Waals surface area contributed by atoms with Crippen LogP contribution in [0.25, 0.3) is 0 Å². The van der Waals surface area contributed by atoms with Crippen LogP contribution < -0.4 is 21.5 Å². The minimum absolute atomic E-state index is 0.303. The minimum atomic E-state index is -0.795. The molecule has 1 fully saturated rings. The van der Waals surface area contributed by atoms with E-state index in [1.165, 1.54) is 19.3 Å². The second-order valence-corrected chi connectivity index (χ2v) is 6.65. The van der Waals surface area contributed by atoms with Gasteiger partial charge in [-0.3, -0.25) is 20.4 Å². The standard InChI is InChI=1S/C17H24N4O2S/c1-11-7-9-13(10-8-11)18-15(22)16(23)20-21-17(24)19-14-6-4-3-5-12(14)2/h7-10,12,14H,3-6H2,1-2H3,(H,18,22)(H,20,23)(H2,19,21,24)/t12-,14-/m1/s1. The molecule has 0 unspecified atom stereocenters. The van der Waals surface area contributed by atoms with E-state index >= 15 is 0 Å². The number of thiocarbonyl (C=S) groups is 1. The van der Waals surface area contributed by atoms with Gasteiger partial charge < -0.3 is 10.6 Å². The molecule has 0 bridgehead atoms. The molecule has 2 amide bonds. The number of hydrazine groups is 1. The Hall–Kier alpha value is -2.15. The molecule has 7 heteroatoms. The number of rotatable bonds is 2. The number of anilines is 1. The molecule has 1 aliphatic rings. The predicted molar refractivity (Wildman–Crippen MR) is 98.2 cm³/mol. The van der Waals surface area contributed by atoms with Crippen LogP contribution in [0.5, 0.6) is 0 Å². The zero-order valence-corrected chi connectivity index (χ0v) is 14.8. The number of nitrogens with one attached hydrogen (secondary N) is 4. The Kier molecular flexibility index (Phi) is 6.54. The van der Waals surface area contributed by atoms with Crippen molar-refractivity contribution in [1.29, 1.82) is 0 Å². The molecule has 0 aromatic heterocycles. The van der Waals surface area contributed by atoms with Crippen molar-refractivity contribution in [3.8, 4) is 0 Å². The maximum atomic E-state index is 11.8. The van der Waals surface area contributed by atoms with Crippen LogP contribution in [0.2, 0.25) is 0 Å². The van der Waals surface area contributed by atoms with Gasteiger partial charge in [-0.1, -0.05) is 37.5 Å². The maximum absolute atomic E-state index is 11.8. The van der Waals surface area contributed by atoms with Gasteiger partial charge in [0.15, 0.2) is 5.11 Å². The van der Waals surface area contributed by atoms with Crippen LogP contribution in [0.3, 0.4) is 0 Å². The molecule has 0 aliphatic heterocycles. The number of benzene rings is 1. The van der Waals surface area contributed by atoms with E-state index in [1.54, 1.807) is 12.1 Å². The lowest BCUT2D eigenvalue weighted by Crippen LogP contribution is -2.53. The molecule has 4 N–H and O–H groups in total. The van der Waals surface area contributed by atoms with Gasteiger partial charge in [-0.2, -0.15) is 0 Å². The molecule has 1 aromatic carbocycles. The average Bonchev–Trinajstić information content (AvgIpc) is 2.57. The van der Waals surface area contributed by atoms with Gasteiger partial charge in [0.05, 0.1) is 0 Å². The number of carbonyl (C=O) groups is 2. The molecule has 0 heterocycles. The lowest BCUT2D eigenvalue weighted by Gasteiger charge is -2.30. The molecule has 0 saturated heterocycles. The number of hydrogen-bond donors (Lipinski definition) is 4. The molecule has 0 spiro atoms. The zero-order chi connectivity index (χ0) is 17.5. The average molecular weight is 348 g/mol. The summed E-state index contributed by atoms with van der Waals surface area (Å²) in [6, 6.07) is 7.50. The van der Waals surface area contributed by atoms with E-state index in [1.807, 2.05) is 19.1 Å². The second kappa shape index (κ2) is 8.63. The topological polar surface area (TPSA) is 82.3 Å². The molecule has 1 saturated carbocycles. The summed E-state index contributed by atoms with van der Waals surface area (Å²) < 4.78 is 0. The van der Waals surface area contributed by atoms with Gasteiger partial charge in [0, 0.05) is 11.7 Å². The second-order valence-electron chi connectivity index (χ2n) is 6.24. The third-order valence-electron chi connectivity index (χ3n) is 4.23. The first-order chi connectivity index (χ1) is 11.5. The fourth-order valence-corrected chi connectivity index (χ4v) is 2.93. The highest BCUT2D eigenvalue weighted by Crippen LogP contribution is 2.23. The number of hydrogen-bond acceptors (Lipinski definition) is 3. The van der Waals surface area contributed by atoms with Crippen molar-refractivity contribution in [1.82, 2.24) is 16.2 Å². The van der Waals surface area contributed by atoms with Gasteiger partial charge in [0.25, 0.3) is 0 Å². The van der Waals surface area contributed by atoms with Crippen molar-refractivity contribution in [2.75, 3.05) is 5.32 Å². The molecule has 6 nitrogen and oxygen atoms in total. The molecule has 0 radical (unpaired) electrons. The van der Waals surface area contributed by atoms with Crippen molar-refractivity contribution in [3.63, 3.8) is 0 Å². The summed E-state index contributed by atoms with van der Waals surface area (Å²) in [7, 11) is 0. The molecular formula is C17H24N4O2S. The molecular weight excluding hydrogens is 324 g/mol. The Morgan fingerprint density at radius 3 is 2.38 bits per heavy atom. The lowest BCUT2D eigenvalue weighted by atomic mass is 9.86. The summed E-state index contributed by atoms with van der Waals surface area (Å²) in [4.78, 5) is 23.6. The normalized spacial score (nSPS) is 19.9. The largest absolute Gasteiger partial charge is 0.358 e. The van der Waals surface area contributed by atoms with Crippen molar-refractivity contribution in [2.24, 2.45) is 5.92 Å². The quantitative estimate of drug-likeness (QED) is 0.373. The summed E-state index contributed by atoms with van der Waals surface area (Å²) in [6.45, 7) is 4.14. The SMILES string of the molecule is Cc1ccc(NC(=O)C(=O)NNC(=S)N[C@@H]2CCCC[C@H]2C)cc1. The summed E-state index contributed by atoms with van der Waals surface area (Å²) in [6.07, 6.45) is 4.65. The lowest BCUT2D eigenvalue weighted by molar-refractivity contribution is -0.136. The van der Waals surface area contributed by atoms with E-state index in [4.69, 9.17) is 12.2 Å². The van der Waals surface area contributed by atoms with E-state index in [2.05, 4.69) is 28.4 Å². The van der Waals surface area contributed by atoms with Gasteiger partial charge in [-0.05, 0) is 50.0 Å². The van der Waals surface area contributed by atoms with Gasteiger partial charge in [0.1, 0.15) is 0 Å². The third kappa shape index (κ3) is 5.49. The van der Waals surface area contributed by atoms with Crippen molar-refractivity contribution in [2.45, 2.75) is 45.6 Å². The highest BCUT2D eigenvalue weighted by atomic mass is 32.1. The van der Waals surface area contributed by atoms with Crippen LogP contribution in [-0.4, -0.2) is 23.0 Å². The molecule has 1 aliphatic carbocycles. The first kappa shape index (κ1) is 18.2. The molecule has 1 aromatic rings. The molecule has 2 atom stereocenters. The van der Waals surface area contributed by atoms with Crippen LogP contribution >= 0.6 is 12.2 Å². The predicted octanol–water partition coefficient (Wildman–Crippen LogP) is 2.01. The van der Waals surface area contributed by atoms with E-state index < -0.39 is 11.8 Å². The summed E-state index contributed by atoms with van der Waals surface area (Å²) in [5.41, 5.74) is 6.54. The fraction of sp³-hybridized carbons (Fsp3) is 0.471. The van der Waals surface area contributed by atoms with Crippen LogP contribution in [0.1, 0.15) is 38.2 Å². The minimum Gasteiger partial charge on any atom is -0.358 e. The van der Waals surface area contributed by atoms with E-state index in [-0.39, 0.29) is 0 Å². The first-order valence-corrected chi connectivity index (χ1v) is 8.61. The van der Waals surface area contributed by atoms with E-state index in [9.17, 15) is 9.59 Å². The van der Waals surface area contributed by atoms with E-state index in [0.29, 0.717) is 22.8 Å². The van der Waals surface area contributed by atoms with Crippen LogP contribution in [0, 0.1) is 12.8 Å². The van der Waals surface area contributed by atoms with Crippen LogP contribution in [-0.2, 0) is 9.59 Å². The summed E-state index contributed by atoms with van der Waals surface area (Å²) in [5.74, 6) is -1.00. The van der Waals surface area contributed by atoms with Crippen LogP contribution in [0.4, 0.5) is 5.69 Å². The smallest absolute Gasteiger partial charge is 0.328 e. The van der Waals surface area contributed by atoms with Crippen LogP contribution in [0.15, 0.2) is 24.3 Å². The Labute approximate surface area is 147 Å². The van der Waals surface area contributed by atoms with Crippen molar-refractivity contribution < 1.29 is 9.59 Å². The molecule has 24 heavy (non-hydrogen) atoms. The summed E-state index contributed by atoms with van der Waals surface area (Å²) in [5, 5.41) is 6.04. The Morgan fingerprint density at radius 1 is 1.04 bits per heavy atom. The summed E-state index contributed by atoms with van der Waals surface area (Å²) >= 11 is 5.17. The van der Waals surface area contributed by atoms with Gasteiger partial charge in [-0.25, -0.2) is 0 Å². The van der Waals surface area contributed by atoms with Crippen molar-refractivity contribution >= 4 is 34.8 Å². The van der Waals surface area contributed by atoms with Crippen molar-refractivity contribution in [3.05, 3.63) is 29.8 Å². The monoisotopic (exact) mass is 348 g/mol. The zero-order valence-electron chi connectivity index (χ0n) is 14.0.